The molecule has 150 heavy (non-hydrogen) atoms. The molecule has 0 saturated heterocycles. The number of para-hydroxylation sites is 4. The van der Waals surface area contributed by atoms with Crippen molar-refractivity contribution in [2.24, 2.45) is 0 Å². The van der Waals surface area contributed by atoms with E-state index in [1.807, 2.05) is 167 Å². The molecule has 0 radical (unpaired) electrons. The topological polar surface area (TPSA) is 131 Å². The van der Waals surface area contributed by atoms with E-state index in [-0.39, 0.29) is 0 Å². The van der Waals surface area contributed by atoms with Gasteiger partial charge in [0.1, 0.15) is 0 Å². The van der Waals surface area contributed by atoms with E-state index in [2.05, 4.69) is 390 Å². The molecule has 0 fully saturated rings. The Labute approximate surface area is 874 Å². The molecule has 0 atom stereocenters. The zero-order chi connectivity index (χ0) is 99.1. The van der Waals surface area contributed by atoms with Crippen LogP contribution < -0.4 is 0 Å². The lowest BCUT2D eigenvalue weighted by molar-refractivity contribution is 0.953. The fraction of sp³-hybridized carbons (Fsp3) is 0. The minimum absolute atomic E-state index is 0.575. The average molecular weight is 1970 g/mol. The third-order valence-corrected chi connectivity index (χ3v) is 32.1. The molecule has 0 aliphatic rings. The highest BCUT2D eigenvalue weighted by molar-refractivity contribution is 7.27. The second-order valence-corrected chi connectivity index (χ2v) is 40.5. The molecule has 30 aromatic rings. The van der Waals surface area contributed by atoms with Crippen LogP contribution in [0.1, 0.15) is 0 Å². The summed E-state index contributed by atoms with van der Waals surface area (Å²) in [4.78, 5) is 46.0. The van der Waals surface area contributed by atoms with E-state index >= 15 is 0 Å². The third-order valence-electron chi connectivity index (χ3n) is 28.4. The summed E-state index contributed by atoms with van der Waals surface area (Å²) in [5.41, 5.74) is 25.8. The van der Waals surface area contributed by atoms with Crippen LogP contribution in [0.25, 0.3) is 279 Å². The highest BCUT2D eigenvalue weighted by atomic mass is 32.1. The Balaban J connectivity index is 0.000000109. The van der Waals surface area contributed by atoms with E-state index in [1.165, 1.54) is 105 Å². The van der Waals surface area contributed by atoms with Gasteiger partial charge in [0, 0.05) is 132 Å². The molecule has 9 aromatic heterocycles. The Morgan fingerprint density at radius 1 is 0.133 bits per heavy atom. The molecule has 0 saturated carbocycles. The fourth-order valence-corrected chi connectivity index (χ4v) is 25.1. The Hall–Kier alpha value is -19.3. The minimum Gasteiger partial charge on any atom is -0.308 e. The second kappa shape index (κ2) is 37.7. The monoisotopic (exact) mass is 1970 g/mol. The van der Waals surface area contributed by atoms with Gasteiger partial charge in [-0.15, -0.1) is 34.0 Å². The average Bonchev–Trinajstić information content (AvgIpc) is 1.59. The van der Waals surface area contributed by atoms with Crippen LogP contribution in [0, 0.1) is 0 Å². The maximum atomic E-state index is 5.30. The SMILES string of the molecule is c1ccc(-c2ccc(-c3nc(-c4cccc(-c5ccccc5)c4)nc(-n4c5ccccc5c5ccc(-c6cccc7c6sc6ccccc67)cc54)n3)cc2)cc1.c1ccc(-c2nc(-c3ccccc3)nc(-c3ccccc3-n3c4ccccc4c4ccc(-c5cccc6c5sc5ccccc56)cc43)n2)cc1.c1ccc(-c2nc(-c3ccccc3)nc(-n3c4ccccc4c4ccc(-c5cccc6c5sc5ccccc56)cc43)n2)cc1. The maximum Gasteiger partial charge on any atom is 0.238 e. The lowest BCUT2D eigenvalue weighted by atomic mass is 10.0. The number of hydrogen-bond acceptors (Lipinski definition) is 12. The lowest BCUT2D eigenvalue weighted by Gasteiger charge is -2.15. The summed E-state index contributed by atoms with van der Waals surface area (Å²) in [5.74, 6) is 5.62. The molecule has 0 amide bonds. The summed E-state index contributed by atoms with van der Waals surface area (Å²) in [6.07, 6.45) is 0. The van der Waals surface area contributed by atoms with Crippen molar-refractivity contribution in [3.63, 3.8) is 0 Å². The van der Waals surface area contributed by atoms with Crippen LogP contribution in [0.4, 0.5) is 0 Å². The standard InChI is InChI=1S/C51H32N4S.C45H28N4S.C39H24N4S/c1-3-13-33(14-4-1)35-25-27-36(28-26-35)49-52-50(39-18-11-17-37(31-39)34-15-5-2-6-16-34)54-51(53-49)55-45-23-9-7-19-41(45)42-30-29-38(32-46(42)55)40-21-12-22-44-43-20-8-10-24-47(43)56-48(40)44;1-3-14-29(15-4-1)43-46-44(30-16-5-2-6-17-30)48-45(47-43)37-20-8-11-24-39(37)49-38-23-10-7-18-33(38)34-27-26-31(28-40(34)49)32-21-13-22-36-35-19-9-12-25-41(35)50-42(32)36;1-3-12-25(13-4-1)37-40-38(26-14-5-2-6-15-26)42-39(41-37)43-33-20-9-7-16-29(33)30-23-22-27(24-34(30)43)28-18-11-19-32-31-17-8-10-21-35(31)44-36(28)32/h1-32H;1-28H;1-24H. The first kappa shape index (κ1) is 88.4. The van der Waals surface area contributed by atoms with E-state index in [0.29, 0.717) is 52.7 Å². The summed E-state index contributed by atoms with van der Waals surface area (Å²) in [6, 6.07) is 179. The maximum absolute atomic E-state index is 5.30. The molecule has 9 heterocycles. The number of rotatable bonds is 15. The van der Waals surface area contributed by atoms with E-state index < -0.39 is 0 Å². The summed E-state index contributed by atoms with van der Waals surface area (Å²) >= 11 is 5.57. The van der Waals surface area contributed by atoms with Crippen LogP contribution in [0.2, 0.25) is 0 Å². The van der Waals surface area contributed by atoms with Crippen LogP contribution in [0.3, 0.4) is 0 Å². The van der Waals surface area contributed by atoms with Crippen LogP contribution in [0.15, 0.2) is 510 Å². The Morgan fingerprint density at radius 2 is 0.373 bits per heavy atom. The first-order valence-corrected chi connectivity index (χ1v) is 52.6. The van der Waals surface area contributed by atoms with Crippen LogP contribution >= 0.6 is 34.0 Å². The van der Waals surface area contributed by atoms with Crippen molar-refractivity contribution >= 4 is 160 Å². The van der Waals surface area contributed by atoms with E-state index in [4.69, 9.17) is 44.9 Å². The zero-order valence-corrected chi connectivity index (χ0v) is 83.0. The molecular formula is C135H84N12S3. The predicted molar refractivity (Wildman–Crippen MR) is 626 cm³/mol. The van der Waals surface area contributed by atoms with Crippen molar-refractivity contribution in [2.75, 3.05) is 0 Å². The van der Waals surface area contributed by atoms with Crippen molar-refractivity contribution < 1.29 is 0 Å². The summed E-state index contributed by atoms with van der Waals surface area (Å²) in [7, 11) is 0. The predicted octanol–water partition coefficient (Wildman–Crippen LogP) is 36.0. The van der Waals surface area contributed by atoms with Gasteiger partial charge in [0.2, 0.25) is 11.9 Å². The van der Waals surface area contributed by atoms with Gasteiger partial charge < -0.3 is 4.57 Å². The number of aromatic nitrogens is 12. The fourth-order valence-electron chi connectivity index (χ4n) is 21.3. The third kappa shape index (κ3) is 16.0. The summed E-state index contributed by atoms with van der Waals surface area (Å²) in [6.45, 7) is 0. The minimum atomic E-state index is 0.575. The largest absolute Gasteiger partial charge is 0.308 e. The van der Waals surface area contributed by atoms with Crippen molar-refractivity contribution in [1.82, 2.24) is 58.6 Å². The van der Waals surface area contributed by atoms with Crippen molar-refractivity contribution in [1.29, 1.82) is 0 Å². The van der Waals surface area contributed by atoms with Gasteiger partial charge in [-0.1, -0.05) is 437 Å². The van der Waals surface area contributed by atoms with E-state index in [1.54, 1.807) is 0 Å². The van der Waals surface area contributed by atoms with Gasteiger partial charge in [0.05, 0.1) is 38.8 Å². The van der Waals surface area contributed by atoms with Crippen molar-refractivity contribution in [3.05, 3.63) is 510 Å². The van der Waals surface area contributed by atoms with Gasteiger partial charge >= 0.3 is 0 Å². The summed E-state index contributed by atoms with van der Waals surface area (Å²) < 4.78 is 14.6. The number of benzene rings is 21. The first-order chi connectivity index (χ1) is 74.4. The van der Waals surface area contributed by atoms with Crippen molar-refractivity contribution in [3.8, 4) is 153 Å². The summed E-state index contributed by atoms with van der Waals surface area (Å²) in [5, 5.41) is 14.8. The number of nitrogens with zero attached hydrogens (tertiary/aromatic N) is 12. The first-order valence-electron chi connectivity index (χ1n) is 50.1. The molecule has 15 heteroatoms. The van der Waals surface area contributed by atoms with Crippen molar-refractivity contribution in [2.45, 2.75) is 0 Å². The lowest BCUT2D eigenvalue weighted by Crippen LogP contribution is -2.06. The molecule has 21 aromatic carbocycles. The Morgan fingerprint density at radius 3 is 0.767 bits per heavy atom. The molecule has 0 N–H and O–H groups in total. The van der Waals surface area contributed by atoms with Crippen LogP contribution in [-0.2, 0) is 0 Å². The van der Waals surface area contributed by atoms with Crippen LogP contribution in [0.5, 0.6) is 0 Å². The second-order valence-electron chi connectivity index (χ2n) is 37.3. The molecule has 0 bridgehead atoms. The molecule has 0 unspecified atom stereocenters. The molecule has 0 aliphatic carbocycles. The van der Waals surface area contributed by atoms with Gasteiger partial charge in [0.25, 0.3) is 0 Å². The number of hydrogen-bond donors (Lipinski definition) is 0. The van der Waals surface area contributed by atoms with E-state index in [0.717, 1.165) is 122 Å². The molecule has 0 aliphatic heterocycles. The van der Waals surface area contributed by atoms with Crippen LogP contribution in [-0.4, -0.2) is 58.6 Å². The number of fused-ring (bicyclic) bond motifs is 18. The quantitative estimate of drug-likeness (QED) is 0.0984. The highest BCUT2D eigenvalue weighted by Gasteiger charge is 2.27. The highest BCUT2D eigenvalue weighted by Crippen LogP contribution is 2.49. The van der Waals surface area contributed by atoms with Gasteiger partial charge in [-0.05, 0) is 128 Å². The zero-order valence-electron chi connectivity index (χ0n) is 80.6. The molecular weight excluding hydrogens is 1890 g/mol. The normalized spacial score (nSPS) is 11.6. The Bertz CT molecular complexity index is 10400. The molecule has 12 nitrogen and oxygen atoms in total. The van der Waals surface area contributed by atoms with Gasteiger partial charge in [-0.2, -0.15) is 19.9 Å². The smallest absolute Gasteiger partial charge is 0.238 e. The van der Waals surface area contributed by atoms with Gasteiger partial charge in [0.15, 0.2) is 40.8 Å². The molecule has 0 spiro atoms. The van der Waals surface area contributed by atoms with Gasteiger partial charge in [-0.3, -0.25) is 9.13 Å². The molecule has 702 valence electrons. The van der Waals surface area contributed by atoms with E-state index in [9.17, 15) is 0 Å². The number of thiophene rings is 3. The molecule has 30 rings (SSSR count). The van der Waals surface area contributed by atoms with Gasteiger partial charge in [-0.25, -0.2) is 24.9 Å². The Kier molecular flexibility index (Phi) is 22.2.